The number of hydrogen-bond acceptors (Lipinski definition) is 3. The lowest BCUT2D eigenvalue weighted by Crippen LogP contribution is -2.39. The second kappa shape index (κ2) is 11.9. The summed E-state index contributed by atoms with van der Waals surface area (Å²) in [4.78, 5) is 30.5. The first-order chi connectivity index (χ1) is 15.6. The average Bonchev–Trinajstić information content (AvgIpc) is 2.84. The fourth-order valence-electron chi connectivity index (χ4n) is 3.87. The molecule has 0 atom stereocenters. The smallest absolute Gasteiger partial charge is 0.251 e. The minimum absolute atomic E-state index is 0.0828. The molecule has 2 aromatic carbocycles. The van der Waals surface area contributed by atoms with Crippen LogP contribution >= 0.6 is 0 Å². The van der Waals surface area contributed by atoms with Gasteiger partial charge < -0.3 is 20.9 Å². The SMILES string of the molecule is CN=C(NCCCC(=O)N1CCc2ccccc2C1)NCCc1cccc(C(=O)NC)c1. The van der Waals surface area contributed by atoms with E-state index >= 15 is 0 Å². The van der Waals surface area contributed by atoms with Gasteiger partial charge in [-0.15, -0.1) is 0 Å². The van der Waals surface area contributed by atoms with Crippen LogP contribution in [-0.2, 0) is 24.2 Å². The van der Waals surface area contributed by atoms with Crippen molar-refractivity contribution < 1.29 is 9.59 Å². The molecule has 0 aromatic heterocycles. The van der Waals surface area contributed by atoms with E-state index in [4.69, 9.17) is 0 Å². The molecule has 0 radical (unpaired) electrons. The summed E-state index contributed by atoms with van der Waals surface area (Å²) in [6, 6.07) is 16.0. The van der Waals surface area contributed by atoms with Gasteiger partial charge in [0.25, 0.3) is 5.91 Å². The third-order valence-corrected chi connectivity index (χ3v) is 5.69. The molecule has 0 bridgehead atoms. The number of amides is 2. The zero-order valence-electron chi connectivity index (χ0n) is 19.0. The van der Waals surface area contributed by atoms with Crippen molar-refractivity contribution in [3.05, 3.63) is 70.8 Å². The number of hydrogen-bond donors (Lipinski definition) is 3. The Bertz CT molecular complexity index is 957. The minimum atomic E-state index is -0.0828. The Morgan fingerprint density at radius 2 is 1.81 bits per heavy atom. The van der Waals surface area contributed by atoms with Crippen molar-refractivity contribution >= 4 is 17.8 Å². The molecule has 7 nitrogen and oxygen atoms in total. The second-order valence-electron chi connectivity index (χ2n) is 7.89. The molecule has 0 saturated carbocycles. The van der Waals surface area contributed by atoms with Gasteiger partial charge in [-0.05, 0) is 48.1 Å². The molecule has 1 aliphatic heterocycles. The Morgan fingerprint density at radius 3 is 2.59 bits per heavy atom. The lowest BCUT2D eigenvalue weighted by atomic mass is 9.99. The van der Waals surface area contributed by atoms with Gasteiger partial charge in [0.2, 0.25) is 5.91 Å². The van der Waals surface area contributed by atoms with Crippen LogP contribution in [0.3, 0.4) is 0 Å². The van der Waals surface area contributed by atoms with E-state index in [1.807, 2.05) is 29.2 Å². The van der Waals surface area contributed by atoms with Gasteiger partial charge in [0, 0.05) is 52.3 Å². The number of guanidine groups is 1. The third-order valence-electron chi connectivity index (χ3n) is 5.69. The maximum absolute atomic E-state index is 12.6. The average molecular weight is 436 g/mol. The number of benzene rings is 2. The highest BCUT2D eigenvalue weighted by Gasteiger charge is 2.19. The van der Waals surface area contributed by atoms with Gasteiger partial charge in [-0.25, -0.2) is 0 Å². The highest BCUT2D eigenvalue weighted by Crippen LogP contribution is 2.19. The van der Waals surface area contributed by atoms with Crippen LogP contribution in [-0.4, -0.2) is 56.4 Å². The van der Waals surface area contributed by atoms with Gasteiger partial charge in [-0.3, -0.25) is 14.6 Å². The van der Waals surface area contributed by atoms with Gasteiger partial charge >= 0.3 is 0 Å². The van der Waals surface area contributed by atoms with E-state index in [9.17, 15) is 9.59 Å². The quantitative estimate of drug-likeness (QED) is 0.337. The van der Waals surface area contributed by atoms with Crippen LogP contribution in [0.2, 0.25) is 0 Å². The fraction of sp³-hybridized carbons (Fsp3) is 0.400. The second-order valence-corrected chi connectivity index (χ2v) is 7.89. The van der Waals surface area contributed by atoms with Crippen LogP contribution in [0.25, 0.3) is 0 Å². The van der Waals surface area contributed by atoms with Gasteiger partial charge in [-0.2, -0.15) is 0 Å². The Morgan fingerprint density at radius 1 is 1.03 bits per heavy atom. The van der Waals surface area contributed by atoms with E-state index in [0.717, 1.165) is 31.4 Å². The van der Waals surface area contributed by atoms with Gasteiger partial charge in [0.1, 0.15) is 0 Å². The molecule has 0 aliphatic carbocycles. The van der Waals surface area contributed by atoms with Gasteiger partial charge in [-0.1, -0.05) is 36.4 Å². The summed E-state index contributed by atoms with van der Waals surface area (Å²) < 4.78 is 0. The van der Waals surface area contributed by atoms with E-state index in [0.29, 0.717) is 37.6 Å². The van der Waals surface area contributed by atoms with E-state index in [1.165, 1.54) is 11.1 Å². The van der Waals surface area contributed by atoms with Crippen molar-refractivity contribution in [1.82, 2.24) is 20.9 Å². The molecular weight excluding hydrogens is 402 g/mol. The first kappa shape index (κ1) is 23.3. The van der Waals surface area contributed by atoms with E-state index in [2.05, 4.69) is 39.1 Å². The van der Waals surface area contributed by atoms with Crippen LogP contribution in [0.15, 0.2) is 53.5 Å². The summed E-state index contributed by atoms with van der Waals surface area (Å²) >= 11 is 0. The molecule has 3 N–H and O–H groups in total. The van der Waals surface area contributed by atoms with Crippen LogP contribution in [0, 0.1) is 0 Å². The summed E-state index contributed by atoms with van der Waals surface area (Å²) in [5.74, 6) is 0.840. The largest absolute Gasteiger partial charge is 0.356 e. The number of fused-ring (bicyclic) bond motifs is 1. The van der Waals surface area contributed by atoms with E-state index < -0.39 is 0 Å². The molecule has 0 spiro atoms. The molecule has 2 aromatic rings. The minimum Gasteiger partial charge on any atom is -0.356 e. The molecule has 3 rings (SSSR count). The van der Waals surface area contributed by atoms with E-state index in [-0.39, 0.29) is 11.8 Å². The third kappa shape index (κ3) is 6.57. The number of rotatable bonds is 8. The molecule has 0 unspecified atom stereocenters. The monoisotopic (exact) mass is 435 g/mol. The standard InChI is InChI=1S/C25H33N5O2/c1-26-24(32)21-10-5-7-19(17-21)12-15-29-25(27-2)28-14-6-11-23(31)30-16-13-20-8-3-4-9-22(20)18-30/h3-5,7-10,17H,6,11-16,18H2,1-2H3,(H,26,32)(H2,27,28,29). The Balaban J connectivity index is 1.34. The normalized spacial score (nSPS) is 13.3. The molecule has 32 heavy (non-hydrogen) atoms. The van der Waals surface area contributed by atoms with Crippen molar-refractivity contribution in [2.45, 2.75) is 32.2 Å². The fourth-order valence-corrected chi connectivity index (χ4v) is 3.87. The molecule has 0 saturated heterocycles. The predicted octanol–water partition coefficient (Wildman–Crippen LogP) is 2.12. The Kier molecular flexibility index (Phi) is 8.66. The summed E-state index contributed by atoms with van der Waals surface area (Å²) in [6.07, 6.45) is 2.99. The summed E-state index contributed by atoms with van der Waals surface area (Å²) in [5, 5.41) is 9.20. The summed E-state index contributed by atoms with van der Waals surface area (Å²) in [7, 11) is 3.36. The number of aliphatic imine (C=N–C) groups is 1. The number of carbonyl (C=O) groups is 2. The summed E-state index contributed by atoms with van der Waals surface area (Å²) in [5.41, 5.74) is 4.36. The summed E-state index contributed by atoms with van der Waals surface area (Å²) in [6.45, 7) is 2.89. The van der Waals surface area contributed by atoms with Gasteiger partial charge in [0.05, 0.1) is 0 Å². The van der Waals surface area contributed by atoms with Crippen molar-refractivity contribution in [3.8, 4) is 0 Å². The maximum atomic E-state index is 12.6. The van der Waals surface area contributed by atoms with Crippen LogP contribution in [0.5, 0.6) is 0 Å². The molecule has 7 heteroatoms. The first-order valence-electron chi connectivity index (χ1n) is 11.2. The topological polar surface area (TPSA) is 85.8 Å². The van der Waals surface area contributed by atoms with Crippen molar-refractivity contribution in [2.24, 2.45) is 4.99 Å². The van der Waals surface area contributed by atoms with Crippen LogP contribution < -0.4 is 16.0 Å². The molecular formula is C25H33N5O2. The number of carbonyl (C=O) groups excluding carboxylic acids is 2. The van der Waals surface area contributed by atoms with Crippen LogP contribution in [0.4, 0.5) is 0 Å². The molecule has 170 valence electrons. The lowest BCUT2D eigenvalue weighted by molar-refractivity contribution is -0.132. The van der Waals surface area contributed by atoms with Gasteiger partial charge in [0.15, 0.2) is 5.96 Å². The predicted molar refractivity (Wildman–Crippen MR) is 128 cm³/mol. The van der Waals surface area contributed by atoms with Crippen molar-refractivity contribution in [1.29, 1.82) is 0 Å². The van der Waals surface area contributed by atoms with Crippen molar-refractivity contribution in [3.63, 3.8) is 0 Å². The molecule has 1 heterocycles. The first-order valence-corrected chi connectivity index (χ1v) is 11.2. The maximum Gasteiger partial charge on any atom is 0.251 e. The lowest BCUT2D eigenvalue weighted by Gasteiger charge is -2.29. The number of nitrogens with one attached hydrogen (secondary N) is 3. The molecule has 2 amide bonds. The molecule has 0 fully saturated rings. The highest BCUT2D eigenvalue weighted by atomic mass is 16.2. The number of nitrogens with zero attached hydrogens (tertiary/aromatic N) is 2. The van der Waals surface area contributed by atoms with Crippen molar-refractivity contribution in [2.75, 3.05) is 33.7 Å². The Labute approximate surface area is 190 Å². The van der Waals surface area contributed by atoms with E-state index in [1.54, 1.807) is 20.2 Å². The molecule has 1 aliphatic rings. The van der Waals surface area contributed by atoms with Crippen LogP contribution in [0.1, 0.15) is 39.9 Å². The zero-order chi connectivity index (χ0) is 22.8. The Hall–Kier alpha value is -3.35. The highest BCUT2D eigenvalue weighted by molar-refractivity contribution is 5.94. The zero-order valence-corrected chi connectivity index (χ0v) is 19.0.